The Morgan fingerprint density at radius 1 is 1.27 bits per heavy atom. The number of thioether (sulfide) groups is 1. The number of para-hydroxylation sites is 1. The molecule has 0 unspecified atom stereocenters. The number of rotatable bonds is 6. The highest BCUT2D eigenvalue weighted by molar-refractivity contribution is 9.10. The van der Waals surface area contributed by atoms with E-state index in [0.29, 0.717) is 10.9 Å². The van der Waals surface area contributed by atoms with Gasteiger partial charge in [0, 0.05) is 10.2 Å². The lowest BCUT2D eigenvalue weighted by Gasteiger charge is -2.18. The molecule has 1 amide bonds. The Bertz CT molecular complexity index is 1250. The zero-order valence-electron chi connectivity index (χ0n) is 17.9. The summed E-state index contributed by atoms with van der Waals surface area (Å²) >= 11 is 4.58. The molecular formula is C23H20BrN5O3S. The monoisotopic (exact) mass is 525 g/mol. The maximum absolute atomic E-state index is 13.2. The second-order valence-corrected chi connectivity index (χ2v) is 9.22. The quantitative estimate of drug-likeness (QED) is 0.210. The fourth-order valence-corrected chi connectivity index (χ4v) is 4.19. The number of carbonyl (C=O) groups excluding carboxylic acids is 1. The van der Waals surface area contributed by atoms with E-state index in [1.165, 1.54) is 4.90 Å². The smallest absolute Gasteiger partial charge is 0.320 e. The lowest BCUT2D eigenvalue weighted by Crippen LogP contribution is -2.36. The molecule has 3 aromatic rings. The summed E-state index contributed by atoms with van der Waals surface area (Å²) in [4.78, 5) is 23.2. The van der Waals surface area contributed by atoms with Crippen molar-refractivity contribution < 1.29 is 19.1 Å². The van der Waals surface area contributed by atoms with E-state index in [1.54, 1.807) is 17.0 Å². The molecule has 0 aliphatic carbocycles. The molecule has 2 heterocycles. The molecular weight excluding hydrogens is 506 g/mol. The first kappa shape index (κ1) is 22.9. The number of hydrogen-bond acceptors (Lipinski definition) is 7. The maximum Gasteiger partial charge on any atom is 0.320 e. The molecule has 1 aliphatic rings. The summed E-state index contributed by atoms with van der Waals surface area (Å²) < 4.78 is 7.56. The molecule has 168 valence electrons. The van der Waals surface area contributed by atoms with E-state index in [0.717, 1.165) is 21.8 Å². The van der Waals surface area contributed by atoms with Gasteiger partial charge in [0.25, 0.3) is 12.1 Å². The average molecular weight is 526 g/mol. The van der Waals surface area contributed by atoms with Gasteiger partial charge in [-0.15, -0.1) is 0 Å². The highest BCUT2D eigenvalue weighted by Gasteiger charge is 2.31. The van der Waals surface area contributed by atoms with E-state index in [-0.39, 0.29) is 29.3 Å². The summed E-state index contributed by atoms with van der Waals surface area (Å²) in [5.74, 6) is -0.558. The number of halogens is 1. The van der Waals surface area contributed by atoms with Crippen molar-refractivity contribution in [2.24, 2.45) is 9.98 Å². The van der Waals surface area contributed by atoms with Crippen molar-refractivity contribution in [3.63, 3.8) is 0 Å². The molecule has 33 heavy (non-hydrogen) atoms. The van der Waals surface area contributed by atoms with Crippen molar-refractivity contribution in [1.29, 1.82) is 0 Å². The highest BCUT2D eigenvalue weighted by Crippen LogP contribution is 2.29. The van der Waals surface area contributed by atoms with Crippen LogP contribution >= 0.6 is 27.7 Å². The third-order valence-electron chi connectivity index (χ3n) is 4.56. The second kappa shape index (κ2) is 10.1. The molecule has 10 heteroatoms. The number of amides is 1. The number of hydrogen-bond donors (Lipinski definition) is 0. The van der Waals surface area contributed by atoms with Gasteiger partial charge in [0.05, 0.1) is 5.69 Å². The molecule has 0 bridgehead atoms. The van der Waals surface area contributed by atoms with Gasteiger partial charge >= 0.3 is 5.88 Å². The second-order valence-electron chi connectivity index (χ2n) is 7.36. The minimum absolute atomic E-state index is 0.0119. The van der Waals surface area contributed by atoms with Crippen molar-refractivity contribution in [3.8, 4) is 0 Å². The molecule has 1 aromatic heterocycles. The van der Waals surface area contributed by atoms with E-state index in [9.17, 15) is 9.90 Å². The highest BCUT2D eigenvalue weighted by atomic mass is 79.9. The molecule has 0 saturated carbocycles. The number of amidine groups is 1. The molecule has 8 nitrogen and oxygen atoms in total. The van der Waals surface area contributed by atoms with Crippen LogP contribution in [-0.2, 0) is 4.79 Å². The third-order valence-corrected chi connectivity index (χ3v) is 5.97. The number of aliphatic imine (C=N–C) groups is 2. The predicted octanol–water partition coefficient (Wildman–Crippen LogP) is 3.87. The first-order valence-corrected chi connectivity index (χ1v) is 11.9. The van der Waals surface area contributed by atoms with E-state index in [4.69, 9.17) is 4.52 Å². The molecule has 0 radical (unpaired) electrons. The van der Waals surface area contributed by atoms with Crippen LogP contribution in [0.5, 0.6) is 0 Å². The van der Waals surface area contributed by atoms with Gasteiger partial charge in [0.2, 0.25) is 5.27 Å². The standard InChI is InChI=1S/C23H20BrN5O3S/c1-15(2)28-13-21(32-27-28)26-20(30)14-33-23-25-19(12-16-7-6-8-17(24)11-16)22(31)29(23)18-9-4-3-5-10-18/h3-13,15H,14H2,1-2H3/b19-12+. The molecule has 0 atom stereocenters. The van der Waals surface area contributed by atoms with Crippen LogP contribution in [0.1, 0.15) is 25.5 Å². The van der Waals surface area contributed by atoms with Crippen LogP contribution in [0.3, 0.4) is 0 Å². The van der Waals surface area contributed by atoms with Gasteiger partial charge < -0.3 is 5.11 Å². The Balaban J connectivity index is 1.58. The van der Waals surface area contributed by atoms with Crippen molar-refractivity contribution in [2.75, 3.05) is 10.7 Å². The third kappa shape index (κ3) is 5.58. The summed E-state index contributed by atoms with van der Waals surface area (Å²) in [5, 5.41) is 16.7. The van der Waals surface area contributed by atoms with E-state index in [1.807, 2.05) is 68.4 Å². The number of carbonyl (C=O) groups is 1. The fourth-order valence-electron chi connectivity index (χ4n) is 2.98. The Morgan fingerprint density at radius 2 is 2.06 bits per heavy atom. The minimum atomic E-state index is -0.417. The zero-order chi connectivity index (χ0) is 23.4. The Labute approximate surface area is 203 Å². The van der Waals surface area contributed by atoms with Gasteiger partial charge in [-0.2, -0.15) is 0 Å². The topological polar surface area (TPSA) is 98.0 Å². The Morgan fingerprint density at radius 3 is 2.76 bits per heavy atom. The molecule has 0 spiro atoms. The largest absolute Gasteiger partial charge is 0.861 e. The van der Waals surface area contributed by atoms with Crippen LogP contribution in [0.15, 0.2) is 85.5 Å². The van der Waals surface area contributed by atoms with Gasteiger partial charge in [-0.25, -0.2) is 9.98 Å². The predicted molar refractivity (Wildman–Crippen MR) is 130 cm³/mol. The molecule has 1 aliphatic heterocycles. The molecule has 0 fully saturated rings. The van der Waals surface area contributed by atoms with Crippen LogP contribution < -0.4 is 14.7 Å². The summed E-state index contributed by atoms with van der Waals surface area (Å²) in [7, 11) is 0. The number of anilines is 1. The number of nitrogens with zero attached hydrogens (tertiary/aromatic N) is 5. The number of benzene rings is 2. The summed E-state index contributed by atoms with van der Waals surface area (Å²) in [6.45, 7) is 3.88. The van der Waals surface area contributed by atoms with Gasteiger partial charge in [0.15, 0.2) is 11.2 Å². The van der Waals surface area contributed by atoms with Crippen LogP contribution in [0.2, 0.25) is 0 Å². The first-order chi connectivity index (χ1) is 15.9. The lowest BCUT2D eigenvalue weighted by molar-refractivity contribution is -0.779. The SMILES string of the molecule is CC(C)[n+]1cc(/N=C(/[O-])CSC2=N/C(=C/c3cccc(Br)c3)C(=O)N2c2ccccc2)on1. The molecule has 0 N–H and O–H groups in total. The summed E-state index contributed by atoms with van der Waals surface area (Å²) in [6.07, 6.45) is 3.29. The molecule has 4 rings (SSSR count). The van der Waals surface area contributed by atoms with Gasteiger partial charge in [-0.05, 0) is 60.3 Å². The number of aromatic nitrogens is 2. The Hall–Kier alpha value is -3.24. The summed E-state index contributed by atoms with van der Waals surface area (Å²) in [5.41, 5.74) is 1.80. The fraction of sp³-hybridized carbons (Fsp3) is 0.174. The van der Waals surface area contributed by atoms with Gasteiger partial charge in [-0.3, -0.25) is 14.2 Å². The van der Waals surface area contributed by atoms with Crippen molar-refractivity contribution >= 4 is 62.3 Å². The van der Waals surface area contributed by atoms with Gasteiger partial charge in [0.1, 0.15) is 5.70 Å². The minimum Gasteiger partial charge on any atom is -0.861 e. The molecule has 2 aromatic carbocycles. The summed E-state index contributed by atoms with van der Waals surface area (Å²) in [6, 6.07) is 16.9. The van der Waals surface area contributed by atoms with Crippen molar-refractivity contribution in [1.82, 2.24) is 5.27 Å². The van der Waals surface area contributed by atoms with Crippen molar-refractivity contribution in [3.05, 3.63) is 76.5 Å². The normalized spacial score (nSPS) is 15.6. The Kier molecular flexibility index (Phi) is 7.05. The van der Waals surface area contributed by atoms with Gasteiger partial charge in [-0.1, -0.05) is 58.0 Å². The van der Waals surface area contributed by atoms with E-state index >= 15 is 0 Å². The first-order valence-electron chi connectivity index (χ1n) is 10.1. The lowest BCUT2D eigenvalue weighted by atomic mass is 10.2. The van der Waals surface area contributed by atoms with Crippen LogP contribution in [0.25, 0.3) is 6.08 Å². The van der Waals surface area contributed by atoms with E-state index in [2.05, 4.69) is 31.2 Å². The van der Waals surface area contributed by atoms with Crippen LogP contribution in [0.4, 0.5) is 11.6 Å². The molecule has 0 saturated heterocycles. The van der Waals surface area contributed by atoms with Crippen LogP contribution in [0, 0.1) is 0 Å². The van der Waals surface area contributed by atoms with E-state index < -0.39 is 5.90 Å². The maximum atomic E-state index is 13.2. The van der Waals surface area contributed by atoms with Crippen molar-refractivity contribution in [2.45, 2.75) is 19.9 Å². The zero-order valence-corrected chi connectivity index (χ0v) is 20.3. The van der Waals surface area contributed by atoms with Crippen LogP contribution in [-0.4, -0.2) is 28.0 Å². The average Bonchev–Trinajstić information content (AvgIpc) is 3.38.